The Morgan fingerprint density at radius 2 is 1.71 bits per heavy atom. The van der Waals surface area contributed by atoms with Crippen molar-refractivity contribution in [1.82, 2.24) is 0 Å². The number of hydrogen-bond donors (Lipinski definition) is 1. The van der Waals surface area contributed by atoms with Gasteiger partial charge in [0.2, 0.25) is 0 Å². The molecule has 0 aliphatic rings. The van der Waals surface area contributed by atoms with Crippen LogP contribution >= 0.6 is 11.6 Å². The number of aliphatic hydroxyl groups is 1. The van der Waals surface area contributed by atoms with Gasteiger partial charge in [0.25, 0.3) is 0 Å². The Morgan fingerprint density at radius 3 is 2.29 bits per heavy atom. The maximum atomic E-state index is 9.20. The second-order valence-electron chi connectivity index (χ2n) is 4.24. The van der Waals surface area contributed by atoms with Crippen molar-refractivity contribution >= 4 is 11.6 Å². The third-order valence-corrected chi connectivity index (χ3v) is 3.29. The molecule has 0 saturated carbocycles. The van der Waals surface area contributed by atoms with Crippen LogP contribution in [0.5, 0.6) is 0 Å². The van der Waals surface area contributed by atoms with Crippen LogP contribution in [0.3, 0.4) is 0 Å². The molecule has 0 aromatic heterocycles. The highest BCUT2D eigenvalue weighted by Gasteiger charge is 2.09. The summed E-state index contributed by atoms with van der Waals surface area (Å²) in [5.41, 5.74) is 5.43. The molecular formula is C15H15ClO. The highest BCUT2D eigenvalue weighted by atomic mass is 35.5. The van der Waals surface area contributed by atoms with Gasteiger partial charge >= 0.3 is 0 Å². The summed E-state index contributed by atoms with van der Waals surface area (Å²) in [6, 6.07) is 11.8. The minimum atomic E-state index is 0.0368. The van der Waals surface area contributed by atoms with E-state index >= 15 is 0 Å². The van der Waals surface area contributed by atoms with Crippen LogP contribution in [-0.4, -0.2) is 5.11 Å². The molecule has 17 heavy (non-hydrogen) atoms. The molecule has 88 valence electrons. The number of aliphatic hydroxyl groups excluding tert-OH is 1. The van der Waals surface area contributed by atoms with Crippen LogP contribution in [0.15, 0.2) is 36.4 Å². The van der Waals surface area contributed by atoms with Crippen molar-refractivity contribution in [3.05, 3.63) is 58.1 Å². The molecule has 0 radical (unpaired) electrons. The maximum Gasteiger partial charge on any atom is 0.0682 e. The lowest BCUT2D eigenvalue weighted by atomic mass is 9.95. The van der Waals surface area contributed by atoms with E-state index in [0.29, 0.717) is 0 Å². The molecule has 2 heteroatoms. The highest BCUT2D eigenvalue weighted by molar-refractivity contribution is 6.33. The van der Waals surface area contributed by atoms with Crippen molar-refractivity contribution in [1.29, 1.82) is 0 Å². The smallest absolute Gasteiger partial charge is 0.0682 e. The van der Waals surface area contributed by atoms with Gasteiger partial charge in [0.1, 0.15) is 0 Å². The lowest BCUT2D eigenvalue weighted by molar-refractivity contribution is 0.282. The van der Waals surface area contributed by atoms with E-state index < -0.39 is 0 Å². The first-order valence-electron chi connectivity index (χ1n) is 5.59. The summed E-state index contributed by atoms with van der Waals surface area (Å²) < 4.78 is 0. The predicted molar refractivity (Wildman–Crippen MR) is 72.3 cm³/mol. The zero-order valence-electron chi connectivity index (χ0n) is 10.00. The molecule has 0 heterocycles. The quantitative estimate of drug-likeness (QED) is 0.845. The first-order chi connectivity index (χ1) is 8.13. The molecule has 0 amide bonds. The van der Waals surface area contributed by atoms with Gasteiger partial charge in [-0.1, -0.05) is 35.9 Å². The van der Waals surface area contributed by atoms with E-state index in [2.05, 4.69) is 26.0 Å². The minimum absolute atomic E-state index is 0.0368. The van der Waals surface area contributed by atoms with Crippen LogP contribution in [0, 0.1) is 13.8 Å². The average Bonchev–Trinajstić information content (AvgIpc) is 2.31. The van der Waals surface area contributed by atoms with Gasteiger partial charge in [-0.25, -0.2) is 0 Å². The number of rotatable bonds is 2. The molecule has 1 N–H and O–H groups in total. The normalized spacial score (nSPS) is 10.6. The molecule has 2 aromatic rings. The van der Waals surface area contributed by atoms with E-state index in [9.17, 15) is 5.11 Å². The first-order valence-corrected chi connectivity index (χ1v) is 5.97. The summed E-state index contributed by atoms with van der Waals surface area (Å²) in [4.78, 5) is 0. The predicted octanol–water partition coefficient (Wildman–Crippen LogP) is 4.12. The molecule has 0 aliphatic heterocycles. The van der Waals surface area contributed by atoms with Gasteiger partial charge in [0, 0.05) is 10.6 Å². The van der Waals surface area contributed by atoms with Crippen LogP contribution in [0.1, 0.15) is 16.7 Å². The summed E-state index contributed by atoms with van der Waals surface area (Å²) in [7, 11) is 0. The van der Waals surface area contributed by atoms with Crippen molar-refractivity contribution in [3.8, 4) is 11.1 Å². The molecule has 0 fully saturated rings. The summed E-state index contributed by atoms with van der Waals surface area (Å²) in [5.74, 6) is 0. The van der Waals surface area contributed by atoms with Crippen molar-refractivity contribution in [2.75, 3.05) is 0 Å². The Hall–Kier alpha value is -1.31. The number of aryl methyl sites for hydroxylation is 2. The van der Waals surface area contributed by atoms with Gasteiger partial charge in [0.15, 0.2) is 0 Å². The molecule has 2 aromatic carbocycles. The zero-order chi connectivity index (χ0) is 12.4. The third kappa shape index (κ3) is 2.36. The standard InChI is InChI=1S/C15H15ClO/c1-10-4-3-5-11(2)15(10)13-8-12(9-17)6-7-14(13)16/h3-8,17H,9H2,1-2H3. The van der Waals surface area contributed by atoms with E-state index in [-0.39, 0.29) is 6.61 Å². The fraction of sp³-hybridized carbons (Fsp3) is 0.200. The van der Waals surface area contributed by atoms with E-state index in [4.69, 9.17) is 11.6 Å². The molecule has 0 atom stereocenters. The van der Waals surface area contributed by atoms with Crippen molar-refractivity contribution in [2.45, 2.75) is 20.5 Å². The fourth-order valence-electron chi connectivity index (χ4n) is 2.10. The summed E-state index contributed by atoms with van der Waals surface area (Å²) >= 11 is 6.25. The van der Waals surface area contributed by atoms with E-state index in [0.717, 1.165) is 21.7 Å². The maximum absolute atomic E-state index is 9.20. The van der Waals surface area contributed by atoms with Crippen LogP contribution in [-0.2, 0) is 6.61 Å². The Labute approximate surface area is 107 Å². The van der Waals surface area contributed by atoms with E-state index in [1.807, 2.05) is 24.3 Å². The van der Waals surface area contributed by atoms with Crippen LogP contribution < -0.4 is 0 Å². The van der Waals surface area contributed by atoms with E-state index in [1.54, 1.807) is 0 Å². The molecule has 0 saturated heterocycles. The Balaban J connectivity index is 2.67. The summed E-state index contributed by atoms with van der Waals surface area (Å²) in [6.45, 7) is 4.18. The zero-order valence-corrected chi connectivity index (χ0v) is 10.8. The summed E-state index contributed by atoms with van der Waals surface area (Å²) in [5, 5.41) is 9.92. The fourth-order valence-corrected chi connectivity index (χ4v) is 2.31. The van der Waals surface area contributed by atoms with Gasteiger partial charge in [-0.05, 0) is 48.2 Å². The van der Waals surface area contributed by atoms with Gasteiger partial charge in [-0.2, -0.15) is 0 Å². The van der Waals surface area contributed by atoms with Crippen LogP contribution in [0.4, 0.5) is 0 Å². The van der Waals surface area contributed by atoms with Gasteiger partial charge < -0.3 is 5.11 Å². The molecule has 0 aliphatic carbocycles. The second kappa shape index (κ2) is 4.91. The van der Waals surface area contributed by atoms with Crippen molar-refractivity contribution in [2.24, 2.45) is 0 Å². The lowest BCUT2D eigenvalue weighted by Gasteiger charge is -2.12. The number of benzene rings is 2. The largest absolute Gasteiger partial charge is 0.392 e. The molecule has 1 nitrogen and oxygen atoms in total. The monoisotopic (exact) mass is 246 g/mol. The molecule has 0 unspecified atom stereocenters. The topological polar surface area (TPSA) is 20.2 Å². The average molecular weight is 247 g/mol. The SMILES string of the molecule is Cc1cccc(C)c1-c1cc(CO)ccc1Cl. The Kier molecular flexibility index (Phi) is 3.51. The Morgan fingerprint density at radius 1 is 1.06 bits per heavy atom. The van der Waals surface area contributed by atoms with Crippen LogP contribution in [0.25, 0.3) is 11.1 Å². The molecule has 2 rings (SSSR count). The highest BCUT2D eigenvalue weighted by Crippen LogP contribution is 2.33. The second-order valence-corrected chi connectivity index (χ2v) is 4.65. The minimum Gasteiger partial charge on any atom is -0.392 e. The molecule has 0 bridgehead atoms. The number of hydrogen-bond acceptors (Lipinski definition) is 1. The summed E-state index contributed by atoms with van der Waals surface area (Å²) in [6.07, 6.45) is 0. The van der Waals surface area contributed by atoms with Crippen molar-refractivity contribution in [3.63, 3.8) is 0 Å². The van der Waals surface area contributed by atoms with Crippen LogP contribution in [0.2, 0.25) is 5.02 Å². The van der Waals surface area contributed by atoms with Gasteiger partial charge in [-0.15, -0.1) is 0 Å². The van der Waals surface area contributed by atoms with Crippen molar-refractivity contribution < 1.29 is 5.11 Å². The number of halogens is 1. The van der Waals surface area contributed by atoms with Gasteiger partial charge in [-0.3, -0.25) is 0 Å². The van der Waals surface area contributed by atoms with E-state index in [1.165, 1.54) is 11.1 Å². The Bertz CT molecular complexity index is 526. The lowest BCUT2D eigenvalue weighted by Crippen LogP contribution is -1.91. The third-order valence-electron chi connectivity index (χ3n) is 2.96. The molecule has 0 spiro atoms. The van der Waals surface area contributed by atoms with Gasteiger partial charge in [0.05, 0.1) is 6.61 Å². The first kappa shape index (κ1) is 12.2. The molecular weight excluding hydrogens is 232 g/mol.